The average Bonchev–Trinajstić information content (AvgIpc) is 2.95. The van der Waals surface area contributed by atoms with Crippen molar-refractivity contribution >= 4 is 21.6 Å². The van der Waals surface area contributed by atoms with E-state index in [9.17, 15) is 13.2 Å². The summed E-state index contributed by atoms with van der Waals surface area (Å²) in [5.74, 6) is 0.643. The first-order valence-electron chi connectivity index (χ1n) is 9.03. The molecule has 1 saturated heterocycles. The van der Waals surface area contributed by atoms with Crippen molar-refractivity contribution in [1.29, 1.82) is 0 Å². The molecule has 0 radical (unpaired) electrons. The molecule has 1 aromatic carbocycles. The topological polar surface area (TPSA) is 75.5 Å². The van der Waals surface area contributed by atoms with Gasteiger partial charge < -0.3 is 9.47 Å². The Balaban J connectivity index is 1.82. The molecule has 0 unspecified atom stereocenters. The number of carbonyl (C=O) groups is 1. The zero-order valence-electron chi connectivity index (χ0n) is 16.2. The molecule has 3 rings (SSSR count). The lowest BCUT2D eigenvalue weighted by atomic mass is 10.1. The second kappa shape index (κ2) is 7.44. The van der Waals surface area contributed by atoms with Gasteiger partial charge in [0.2, 0.25) is 10.0 Å². The number of rotatable bonds is 4. The smallest absolute Gasteiger partial charge is 0.278 e. The van der Waals surface area contributed by atoms with Gasteiger partial charge in [0.1, 0.15) is 11.5 Å². The van der Waals surface area contributed by atoms with Crippen LogP contribution in [0.5, 0.6) is 0 Å². The minimum absolute atomic E-state index is 0.144. The summed E-state index contributed by atoms with van der Waals surface area (Å²) >= 11 is 0. The molecule has 2 aromatic rings. The number of sulfonamides is 1. The number of aromatic nitrogens is 2. The first-order chi connectivity index (χ1) is 12.7. The Morgan fingerprint density at radius 2 is 1.74 bits per heavy atom. The summed E-state index contributed by atoms with van der Waals surface area (Å²) in [6.07, 6.45) is 2.68. The summed E-state index contributed by atoms with van der Waals surface area (Å²) in [4.78, 5) is 19.1. The normalized spacial score (nSPS) is 16.4. The fraction of sp³-hybridized carbons (Fsp3) is 0.474. The molecule has 0 atom stereocenters. The molecule has 27 heavy (non-hydrogen) atoms. The molecule has 1 aromatic heterocycles. The first kappa shape index (κ1) is 19.6. The maximum atomic E-state index is 13.0. The third-order valence-electron chi connectivity index (χ3n) is 5.23. The molecule has 146 valence electrons. The molecule has 7 nitrogen and oxygen atoms in total. The van der Waals surface area contributed by atoms with Crippen molar-refractivity contribution in [2.45, 2.75) is 32.7 Å². The summed E-state index contributed by atoms with van der Waals surface area (Å²) < 4.78 is 27.0. The van der Waals surface area contributed by atoms with E-state index in [1.807, 2.05) is 44.2 Å². The fourth-order valence-corrected chi connectivity index (χ4v) is 4.63. The summed E-state index contributed by atoms with van der Waals surface area (Å²) in [7, 11) is -1.41. The van der Waals surface area contributed by atoms with Crippen LogP contribution in [0.2, 0.25) is 0 Å². The zero-order valence-corrected chi connectivity index (χ0v) is 17.0. The summed E-state index contributed by atoms with van der Waals surface area (Å²) in [6.45, 7) is 4.80. The second-order valence-electron chi connectivity index (χ2n) is 7.06. The molecular formula is C19H26N4O3S. The number of amides is 1. The van der Waals surface area contributed by atoms with Gasteiger partial charge in [0.25, 0.3) is 5.91 Å². The van der Waals surface area contributed by atoms with Crippen LogP contribution in [-0.2, 0) is 10.0 Å². The molecule has 0 spiro atoms. The number of hydrogen-bond acceptors (Lipinski definition) is 4. The van der Waals surface area contributed by atoms with Crippen molar-refractivity contribution in [2.75, 3.05) is 31.3 Å². The lowest BCUT2D eigenvalue weighted by Gasteiger charge is -2.32. The van der Waals surface area contributed by atoms with E-state index in [4.69, 9.17) is 0 Å². The number of benzene rings is 1. The van der Waals surface area contributed by atoms with E-state index < -0.39 is 10.0 Å². The van der Waals surface area contributed by atoms with Gasteiger partial charge in [-0.2, -0.15) is 0 Å². The van der Waals surface area contributed by atoms with Gasteiger partial charge in [-0.15, -0.1) is 0 Å². The van der Waals surface area contributed by atoms with Gasteiger partial charge in [-0.1, -0.05) is 18.2 Å². The lowest BCUT2D eigenvalue weighted by Crippen LogP contribution is -2.38. The number of anilines is 1. The van der Waals surface area contributed by atoms with Gasteiger partial charge in [-0.3, -0.25) is 4.79 Å². The first-order valence-corrected chi connectivity index (χ1v) is 10.9. The highest BCUT2D eigenvalue weighted by Crippen LogP contribution is 2.28. The molecule has 1 aliphatic heterocycles. The molecule has 0 bridgehead atoms. The van der Waals surface area contributed by atoms with Crippen LogP contribution in [-0.4, -0.2) is 54.6 Å². The van der Waals surface area contributed by atoms with E-state index in [0.717, 1.165) is 17.2 Å². The lowest BCUT2D eigenvalue weighted by molar-refractivity contribution is 0.0987. The van der Waals surface area contributed by atoms with Gasteiger partial charge in [0, 0.05) is 37.6 Å². The highest BCUT2D eigenvalue weighted by atomic mass is 32.2. The molecule has 2 heterocycles. The van der Waals surface area contributed by atoms with Crippen LogP contribution < -0.4 is 4.90 Å². The number of nitrogens with zero attached hydrogens (tertiary/aromatic N) is 4. The number of aryl methyl sites for hydroxylation is 1. The molecule has 1 fully saturated rings. The Labute approximate surface area is 160 Å². The van der Waals surface area contributed by atoms with Gasteiger partial charge in [-0.05, 0) is 38.8 Å². The van der Waals surface area contributed by atoms with E-state index >= 15 is 0 Å². The SMILES string of the molecule is Cc1nc(C(=O)N(C)c2ccccc2)c(C)n1C1CCN(S(C)(=O)=O)CC1. The van der Waals surface area contributed by atoms with Gasteiger partial charge in [0.15, 0.2) is 0 Å². The standard InChI is InChI=1S/C19H26N4O3S/c1-14-18(19(24)21(3)16-8-6-5-7-9-16)20-15(2)23(14)17-10-12-22(13-11-17)27(4,25)26/h5-9,17H,10-13H2,1-4H3. The third kappa shape index (κ3) is 3.91. The predicted molar refractivity (Wildman–Crippen MR) is 106 cm³/mol. The van der Waals surface area contributed by atoms with Crippen molar-refractivity contribution < 1.29 is 13.2 Å². The summed E-state index contributed by atoms with van der Waals surface area (Å²) in [5, 5.41) is 0. The fourth-order valence-electron chi connectivity index (χ4n) is 3.75. The van der Waals surface area contributed by atoms with Crippen molar-refractivity contribution in [3.05, 3.63) is 47.5 Å². The molecule has 0 N–H and O–H groups in total. The van der Waals surface area contributed by atoms with E-state index in [-0.39, 0.29) is 11.9 Å². The molecule has 1 aliphatic rings. The molecule has 8 heteroatoms. The van der Waals surface area contributed by atoms with E-state index in [0.29, 0.717) is 31.6 Å². The van der Waals surface area contributed by atoms with Crippen LogP contribution in [0, 0.1) is 13.8 Å². The summed E-state index contributed by atoms with van der Waals surface area (Å²) in [6, 6.07) is 9.63. The largest absolute Gasteiger partial charge is 0.329 e. The van der Waals surface area contributed by atoms with Gasteiger partial charge in [-0.25, -0.2) is 17.7 Å². The van der Waals surface area contributed by atoms with Gasteiger partial charge >= 0.3 is 0 Å². The molecule has 0 saturated carbocycles. The number of carbonyl (C=O) groups excluding carboxylic acids is 1. The van der Waals surface area contributed by atoms with Crippen LogP contribution in [0.1, 0.15) is 40.9 Å². The Hall–Kier alpha value is -2.19. The predicted octanol–water partition coefficient (Wildman–Crippen LogP) is 2.37. The highest BCUT2D eigenvalue weighted by Gasteiger charge is 2.30. The van der Waals surface area contributed by atoms with Crippen molar-refractivity contribution in [3.8, 4) is 0 Å². The minimum atomic E-state index is -3.15. The highest BCUT2D eigenvalue weighted by molar-refractivity contribution is 7.88. The van der Waals surface area contributed by atoms with Crippen LogP contribution in [0.25, 0.3) is 0 Å². The Bertz CT molecular complexity index is 929. The number of piperidine rings is 1. The monoisotopic (exact) mass is 390 g/mol. The maximum absolute atomic E-state index is 13.0. The van der Waals surface area contributed by atoms with Crippen molar-refractivity contribution in [2.24, 2.45) is 0 Å². The Morgan fingerprint density at radius 1 is 1.15 bits per heavy atom. The van der Waals surface area contributed by atoms with E-state index in [2.05, 4.69) is 9.55 Å². The number of imidazole rings is 1. The van der Waals surface area contributed by atoms with Crippen LogP contribution >= 0.6 is 0 Å². The molecular weight excluding hydrogens is 364 g/mol. The third-order valence-corrected chi connectivity index (χ3v) is 6.54. The van der Waals surface area contributed by atoms with E-state index in [1.54, 1.807) is 11.9 Å². The van der Waals surface area contributed by atoms with Crippen LogP contribution in [0.4, 0.5) is 5.69 Å². The number of hydrogen-bond donors (Lipinski definition) is 0. The van der Waals surface area contributed by atoms with Crippen molar-refractivity contribution in [3.63, 3.8) is 0 Å². The Kier molecular flexibility index (Phi) is 5.39. The van der Waals surface area contributed by atoms with Crippen molar-refractivity contribution in [1.82, 2.24) is 13.9 Å². The number of para-hydroxylation sites is 1. The minimum Gasteiger partial charge on any atom is -0.329 e. The quantitative estimate of drug-likeness (QED) is 0.803. The molecule has 1 amide bonds. The van der Waals surface area contributed by atoms with Crippen LogP contribution in [0.15, 0.2) is 30.3 Å². The molecule has 0 aliphatic carbocycles. The van der Waals surface area contributed by atoms with Gasteiger partial charge in [0.05, 0.1) is 6.26 Å². The zero-order chi connectivity index (χ0) is 19.8. The maximum Gasteiger partial charge on any atom is 0.278 e. The van der Waals surface area contributed by atoms with E-state index in [1.165, 1.54) is 10.6 Å². The summed E-state index contributed by atoms with van der Waals surface area (Å²) in [5.41, 5.74) is 2.10. The second-order valence-corrected chi connectivity index (χ2v) is 9.04. The van der Waals surface area contributed by atoms with Crippen LogP contribution in [0.3, 0.4) is 0 Å². The Morgan fingerprint density at radius 3 is 2.30 bits per heavy atom. The average molecular weight is 391 g/mol.